The summed E-state index contributed by atoms with van der Waals surface area (Å²) in [5.74, 6) is 0.992. The van der Waals surface area contributed by atoms with Crippen LogP contribution < -0.4 is 15.8 Å². The van der Waals surface area contributed by atoms with Crippen LogP contribution in [-0.2, 0) is 15.1 Å². The quantitative estimate of drug-likeness (QED) is 0.387. The highest BCUT2D eigenvalue weighted by Crippen LogP contribution is 2.39. The van der Waals surface area contributed by atoms with Gasteiger partial charge in [-0.15, -0.1) is 0 Å². The van der Waals surface area contributed by atoms with Gasteiger partial charge in [-0.2, -0.15) is 0 Å². The summed E-state index contributed by atoms with van der Waals surface area (Å²) in [6, 6.07) is 12.7. The minimum Gasteiger partial charge on any atom is -0.497 e. The number of esters is 1. The number of nitrogens with two attached hydrogens (primary N) is 1. The van der Waals surface area contributed by atoms with E-state index >= 15 is 0 Å². The molecule has 0 bridgehead atoms. The van der Waals surface area contributed by atoms with Gasteiger partial charge in [0.25, 0.3) is 0 Å². The molecule has 2 unspecified atom stereocenters. The average Bonchev–Trinajstić information content (AvgIpc) is 3.34. The van der Waals surface area contributed by atoms with Crippen molar-refractivity contribution in [2.75, 3.05) is 19.0 Å². The topological polar surface area (TPSA) is 98.8 Å². The van der Waals surface area contributed by atoms with Gasteiger partial charge in [0.15, 0.2) is 5.13 Å². The van der Waals surface area contributed by atoms with E-state index in [9.17, 15) is 4.79 Å². The Balaban J connectivity index is 1.60. The molecule has 1 aliphatic heterocycles. The molecular formula is C24H28N4O3S. The number of carbonyl (C=O) groups is 1. The van der Waals surface area contributed by atoms with Gasteiger partial charge in [0.1, 0.15) is 23.2 Å². The molecule has 0 saturated heterocycles. The van der Waals surface area contributed by atoms with Gasteiger partial charge in [-0.1, -0.05) is 55.4 Å². The summed E-state index contributed by atoms with van der Waals surface area (Å²) >= 11 is 1.51. The Kier molecular flexibility index (Phi) is 6.43. The number of thiazole rings is 1. The fourth-order valence-corrected chi connectivity index (χ4v) is 4.74. The largest absolute Gasteiger partial charge is 0.497 e. The summed E-state index contributed by atoms with van der Waals surface area (Å²) in [6.07, 6.45) is 2.91. The molecule has 4 rings (SSSR count). The molecule has 8 heteroatoms. The van der Waals surface area contributed by atoms with Gasteiger partial charge in [0, 0.05) is 5.56 Å². The first-order chi connectivity index (χ1) is 15.5. The number of carbonyl (C=O) groups excluding carboxylic acids is 1. The third-order valence-corrected chi connectivity index (χ3v) is 6.68. The fourth-order valence-electron chi connectivity index (χ4n) is 3.85. The van der Waals surface area contributed by atoms with E-state index in [1.54, 1.807) is 7.11 Å². The lowest BCUT2D eigenvalue weighted by atomic mass is 9.85. The van der Waals surface area contributed by atoms with Crippen molar-refractivity contribution < 1.29 is 14.3 Å². The molecule has 0 amide bonds. The Labute approximate surface area is 191 Å². The van der Waals surface area contributed by atoms with Gasteiger partial charge in [0.2, 0.25) is 0 Å². The number of ether oxygens (including phenoxy) is 2. The van der Waals surface area contributed by atoms with Crippen LogP contribution in [0, 0.1) is 0 Å². The molecule has 7 nitrogen and oxygen atoms in total. The van der Waals surface area contributed by atoms with Crippen molar-refractivity contribution in [3.8, 4) is 5.75 Å². The molecular weight excluding hydrogens is 424 g/mol. The second-order valence-electron chi connectivity index (χ2n) is 7.98. The summed E-state index contributed by atoms with van der Waals surface area (Å²) in [4.78, 5) is 22.2. The van der Waals surface area contributed by atoms with E-state index in [1.165, 1.54) is 11.3 Å². The molecule has 0 aliphatic carbocycles. The van der Waals surface area contributed by atoms with Crippen LogP contribution in [0.3, 0.4) is 0 Å². The Morgan fingerprint density at radius 3 is 2.84 bits per heavy atom. The smallest absolute Gasteiger partial charge is 0.325 e. The standard InChI is InChI=1S/C24H28N4O3S/c1-4-5-8-13-31-22(29)20(25)24(2)17-10-7-6-9-16(17)21(28-24)27-23-26-18-12-11-15(30-3)14-19(18)32-23/h6-7,9-12,14,20H,4-5,8,13,25H2,1-3H3,(H,26,27,28). The third-order valence-electron chi connectivity index (χ3n) is 5.74. The molecule has 3 aromatic rings. The Bertz CT molecular complexity index is 1160. The van der Waals surface area contributed by atoms with E-state index < -0.39 is 17.6 Å². The molecule has 3 N–H and O–H groups in total. The summed E-state index contributed by atoms with van der Waals surface area (Å²) in [6.45, 7) is 4.36. The molecule has 1 aromatic heterocycles. The number of rotatable bonds is 8. The van der Waals surface area contributed by atoms with Crippen molar-refractivity contribution in [1.82, 2.24) is 4.98 Å². The SMILES string of the molecule is CCCCCOC(=O)C(N)C1(C)N=C(Nc2nc3ccc(OC)cc3s2)c2ccccc21. The number of nitrogens with one attached hydrogen (secondary N) is 1. The minimum atomic E-state index is -0.930. The first-order valence-corrected chi connectivity index (χ1v) is 11.6. The highest BCUT2D eigenvalue weighted by Gasteiger charge is 2.45. The van der Waals surface area contributed by atoms with E-state index in [-0.39, 0.29) is 0 Å². The molecule has 1 aliphatic rings. The predicted octanol–water partition coefficient (Wildman–Crippen LogP) is 4.45. The summed E-state index contributed by atoms with van der Waals surface area (Å²) in [5, 5.41) is 4.05. The number of amidine groups is 1. The number of unbranched alkanes of at least 4 members (excludes halogenated alkanes) is 2. The molecule has 2 heterocycles. The van der Waals surface area contributed by atoms with E-state index in [0.717, 1.165) is 46.4 Å². The number of fused-ring (bicyclic) bond motifs is 2. The van der Waals surface area contributed by atoms with Crippen LogP contribution >= 0.6 is 11.3 Å². The first-order valence-electron chi connectivity index (χ1n) is 10.8. The summed E-state index contributed by atoms with van der Waals surface area (Å²) in [7, 11) is 1.64. The molecule has 2 atom stereocenters. The first kappa shape index (κ1) is 22.2. The number of anilines is 1. The maximum atomic E-state index is 12.7. The third kappa shape index (κ3) is 4.20. The Morgan fingerprint density at radius 2 is 2.06 bits per heavy atom. The van der Waals surface area contributed by atoms with Gasteiger partial charge >= 0.3 is 5.97 Å². The lowest BCUT2D eigenvalue weighted by Gasteiger charge is -2.28. The molecule has 0 spiro atoms. The lowest BCUT2D eigenvalue weighted by Crippen LogP contribution is -2.47. The van der Waals surface area contributed by atoms with E-state index in [1.807, 2.05) is 49.4 Å². The second kappa shape index (κ2) is 9.26. The highest BCUT2D eigenvalue weighted by atomic mass is 32.1. The zero-order valence-electron chi connectivity index (χ0n) is 18.6. The maximum Gasteiger partial charge on any atom is 0.325 e. The van der Waals surface area contributed by atoms with Gasteiger partial charge in [-0.25, -0.2) is 4.98 Å². The zero-order valence-corrected chi connectivity index (χ0v) is 19.4. The molecule has 2 aromatic carbocycles. The number of hydrogen-bond donors (Lipinski definition) is 2. The summed E-state index contributed by atoms with van der Waals surface area (Å²) < 4.78 is 11.8. The lowest BCUT2D eigenvalue weighted by molar-refractivity contribution is -0.147. The molecule has 0 saturated carbocycles. The van der Waals surface area contributed by atoms with Crippen molar-refractivity contribution >= 4 is 38.5 Å². The van der Waals surface area contributed by atoms with Crippen LogP contribution in [-0.4, -0.2) is 36.5 Å². The van der Waals surface area contributed by atoms with Crippen LogP contribution in [0.15, 0.2) is 47.5 Å². The molecule has 168 valence electrons. The van der Waals surface area contributed by atoms with Crippen molar-refractivity contribution in [2.24, 2.45) is 10.7 Å². The van der Waals surface area contributed by atoms with E-state index in [2.05, 4.69) is 17.2 Å². The number of methoxy groups -OCH3 is 1. The Hall–Kier alpha value is -2.97. The van der Waals surface area contributed by atoms with Crippen LogP contribution in [0.1, 0.15) is 44.2 Å². The van der Waals surface area contributed by atoms with Crippen molar-refractivity contribution in [2.45, 2.75) is 44.7 Å². The number of aliphatic imine (C=N–C) groups is 1. The highest BCUT2D eigenvalue weighted by molar-refractivity contribution is 7.22. The average molecular weight is 453 g/mol. The van der Waals surface area contributed by atoms with Gasteiger partial charge in [-0.3, -0.25) is 9.79 Å². The van der Waals surface area contributed by atoms with Crippen LogP contribution in [0.25, 0.3) is 10.2 Å². The predicted molar refractivity (Wildman–Crippen MR) is 129 cm³/mol. The van der Waals surface area contributed by atoms with E-state index in [4.69, 9.17) is 20.2 Å². The normalized spacial score (nSPS) is 18.2. The maximum absolute atomic E-state index is 12.7. The minimum absolute atomic E-state index is 0.377. The van der Waals surface area contributed by atoms with Gasteiger partial charge in [0.05, 0.1) is 23.9 Å². The number of nitrogens with zero attached hydrogens (tertiary/aromatic N) is 2. The van der Waals surface area contributed by atoms with Crippen molar-refractivity contribution in [3.05, 3.63) is 53.6 Å². The van der Waals surface area contributed by atoms with Crippen molar-refractivity contribution in [3.63, 3.8) is 0 Å². The number of hydrogen-bond acceptors (Lipinski definition) is 8. The molecule has 0 fully saturated rings. The summed E-state index contributed by atoms with van der Waals surface area (Å²) in [5.41, 5.74) is 8.14. The molecule has 32 heavy (non-hydrogen) atoms. The van der Waals surface area contributed by atoms with E-state index in [0.29, 0.717) is 17.6 Å². The number of benzene rings is 2. The van der Waals surface area contributed by atoms with Gasteiger partial charge in [-0.05, 0) is 37.1 Å². The van der Waals surface area contributed by atoms with Crippen LogP contribution in [0.5, 0.6) is 5.75 Å². The van der Waals surface area contributed by atoms with Gasteiger partial charge < -0.3 is 20.5 Å². The van der Waals surface area contributed by atoms with Crippen molar-refractivity contribution in [1.29, 1.82) is 0 Å². The monoisotopic (exact) mass is 452 g/mol. The molecule has 0 radical (unpaired) electrons. The fraction of sp³-hybridized carbons (Fsp3) is 0.375. The van der Waals surface area contributed by atoms with Crippen LogP contribution in [0.2, 0.25) is 0 Å². The zero-order chi connectivity index (χ0) is 22.7. The second-order valence-corrected chi connectivity index (χ2v) is 9.01. The number of aromatic nitrogens is 1. The Morgan fingerprint density at radius 1 is 1.25 bits per heavy atom. The van der Waals surface area contributed by atoms with Crippen LogP contribution in [0.4, 0.5) is 5.13 Å².